The first-order valence-electron chi connectivity index (χ1n) is 5.50. The van der Waals surface area contributed by atoms with E-state index in [1.165, 1.54) is 0 Å². The molecule has 1 unspecified atom stereocenters. The first-order chi connectivity index (χ1) is 7.75. The molecule has 5 nitrogen and oxygen atoms in total. The lowest BCUT2D eigenvalue weighted by Gasteiger charge is -2.28. The van der Waals surface area contributed by atoms with Gasteiger partial charge < -0.3 is 10.1 Å². The molecule has 1 atom stereocenters. The van der Waals surface area contributed by atoms with Crippen LogP contribution >= 0.6 is 15.9 Å². The average Bonchev–Trinajstić information content (AvgIpc) is 2.54. The van der Waals surface area contributed by atoms with Crippen molar-refractivity contribution < 1.29 is 4.92 Å². The SMILES string of the molecule is Cc1cn(CC(CBr)C(C)(C)C)nc1[N+](=O)[O-]. The molecule has 0 aliphatic heterocycles. The molecule has 0 bridgehead atoms. The molecule has 6 heteroatoms. The topological polar surface area (TPSA) is 61.0 Å². The van der Waals surface area contributed by atoms with Crippen molar-refractivity contribution in [1.29, 1.82) is 0 Å². The van der Waals surface area contributed by atoms with E-state index in [1.54, 1.807) is 17.8 Å². The van der Waals surface area contributed by atoms with Crippen LogP contribution in [0.3, 0.4) is 0 Å². The normalized spacial score (nSPS) is 13.7. The number of hydrogen-bond donors (Lipinski definition) is 0. The summed E-state index contributed by atoms with van der Waals surface area (Å²) in [6.07, 6.45) is 1.74. The van der Waals surface area contributed by atoms with Gasteiger partial charge in [0.25, 0.3) is 0 Å². The lowest BCUT2D eigenvalue weighted by Crippen LogP contribution is -2.26. The third-order valence-electron chi connectivity index (χ3n) is 2.91. The summed E-state index contributed by atoms with van der Waals surface area (Å²) in [5, 5.41) is 15.6. The number of nitro groups is 1. The number of aromatic nitrogens is 2. The monoisotopic (exact) mass is 303 g/mol. The molecule has 0 N–H and O–H groups in total. The number of halogens is 1. The molecule has 0 amide bonds. The number of nitrogens with zero attached hydrogens (tertiary/aromatic N) is 3. The van der Waals surface area contributed by atoms with E-state index >= 15 is 0 Å². The molecule has 1 rings (SSSR count). The van der Waals surface area contributed by atoms with Crippen molar-refractivity contribution >= 4 is 21.7 Å². The van der Waals surface area contributed by atoms with Gasteiger partial charge in [-0.1, -0.05) is 36.7 Å². The second kappa shape index (κ2) is 5.16. The van der Waals surface area contributed by atoms with Crippen LogP contribution in [0.15, 0.2) is 6.20 Å². The first-order valence-corrected chi connectivity index (χ1v) is 6.62. The van der Waals surface area contributed by atoms with Crippen LogP contribution in [0.4, 0.5) is 5.82 Å². The predicted octanol–water partition coefficient (Wildman–Crippen LogP) is 3.16. The van der Waals surface area contributed by atoms with Gasteiger partial charge in [0.2, 0.25) is 0 Å². The molecule has 0 aliphatic rings. The fourth-order valence-corrected chi connectivity index (χ4v) is 2.74. The largest absolute Gasteiger partial charge is 0.392 e. The summed E-state index contributed by atoms with van der Waals surface area (Å²) in [4.78, 5) is 10.3. The first kappa shape index (κ1) is 14.2. The highest BCUT2D eigenvalue weighted by atomic mass is 79.9. The third kappa shape index (κ3) is 3.52. The van der Waals surface area contributed by atoms with Crippen molar-refractivity contribution in [2.45, 2.75) is 34.2 Å². The van der Waals surface area contributed by atoms with E-state index in [-0.39, 0.29) is 11.2 Å². The standard InChI is InChI=1S/C11H18BrN3O2/c1-8-6-14(13-10(8)15(16)17)7-9(5-12)11(2,3)4/h6,9H,5,7H2,1-4H3. The quantitative estimate of drug-likeness (QED) is 0.487. The lowest BCUT2D eigenvalue weighted by atomic mass is 9.82. The van der Waals surface area contributed by atoms with E-state index in [2.05, 4.69) is 41.8 Å². The van der Waals surface area contributed by atoms with Gasteiger partial charge in [0.05, 0.1) is 23.4 Å². The van der Waals surface area contributed by atoms with Crippen LogP contribution in [-0.4, -0.2) is 20.0 Å². The zero-order valence-corrected chi connectivity index (χ0v) is 12.2. The summed E-state index contributed by atoms with van der Waals surface area (Å²) in [5.74, 6) is 0.327. The molecule has 0 saturated carbocycles. The van der Waals surface area contributed by atoms with Crippen molar-refractivity contribution in [1.82, 2.24) is 9.78 Å². The van der Waals surface area contributed by atoms with Crippen LogP contribution in [0.1, 0.15) is 26.3 Å². The minimum Gasteiger partial charge on any atom is -0.358 e. The summed E-state index contributed by atoms with van der Waals surface area (Å²) in [6, 6.07) is 0. The molecule has 1 aromatic rings. The van der Waals surface area contributed by atoms with Crippen LogP contribution < -0.4 is 0 Å². The van der Waals surface area contributed by atoms with E-state index in [1.807, 2.05) is 0 Å². The van der Waals surface area contributed by atoms with Crippen molar-refractivity contribution in [2.24, 2.45) is 11.3 Å². The highest BCUT2D eigenvalue weighted by Crippen LogP contribution is 2.29. The van der Waals surface area contributed by atoms with Crippen LogP contribution in [0.25, 0.3) is 0 Å². The van der Waals surface area contributed by atoms with Gasteiger partial charge >= 0.3 is 5.82 Å². The molecule has 0 aromatic carbocycles. The van der Waals surface area contributed by atoms with Gasteiger partial charge in [-0.25, -0.2) is 0 Å². The smallest absolute Gasteiger partial charge is 0.358 e. The van der Waals surface area contributed by atoms with Gasteiger partial charge in [-0.05, 0) is 23.2 Å². The van der Waals surface area contributed by atoms with Crippen molar-refractivity contribution in [3.63, 3.8) is 0 Å². The average molecular weight is 304 g/mol. The fourth-order valence-electron chi connectivity index (χ4n) is 1.56. The summed E-state index contributed by atoms with van der Waals surface area (Å²) in [5.41, 5.74) is 0.746. The van der Waals surface area contributed by atoms with E-state index in [9.17, 15) is 10.1 Å². The maximum absolute atomic E-state index is 10.7. The number of hydrogen-bond acceptors (Lipinski definition) is 3. The lowest BCUT2D eigenvalue weighted by molar-refractivity contribution is -0.390. The number of rotatable bonds is 4. The highest BCUT2D eigenvalue weighted by Gasteiger charge is 2.26. The molecule has 0 aliphatic carbocycles. The van der Waals surface area contributed by atoms with E-state index in [0.29, 0.717) is 18.0 Å². The fraction of sp³-hybridized carbons (Fsp3) is 0.727. The summed E-state index contributed by atoms with van der Waals surface area (Å²) >= 11 is 3.49. The Balaban J connectivity index is 2.88. The second-order valence-electron chi connectivity index (χ2n) is 5.33. The van der Waals surface area contributed by atoms with Crippen LogP contribution in [0.5, 0.6) is 0 Å². The van der Waals surface area contributed by atoms with Crippen LogP contribution in [0.2, 0.25) is 0 Å². The molecule has 17 heavy (non-hydrogen) atoms. The zero-order valence-electron chi connectivity index (χ0n) is 10.6. The Bertz CT molecular complexity index is 409. The predicted molar refractivity (Wildman–Crippen MR) is 70.4 cm³/mol. The van der Waals surface area contributed by atoms with Gasteiger partial charge in [0, 0.05) is 5.33 Å². The Morgan fingerprint density at radius 3 is 2.53 bits per heavy atom. The van der Waals surface area contributed by atoms with Gasteiger partial charge in [-0.15, -0.1) is 0 Å². The Morgan fingerprint density at radius 2 is 2.18 bits per heavy atom. The van der Waals surface area contributed by atoms with Crippen LogP contribution in [0, 0.1) is 28.4 Å². The molecular formula is C11H18BrN3O2. The molecule has 0 spiro atoms. The zero-order chi connectivity index (χ0) is 13.2. The molecule has 1 aromatic heterocycles. The minimum atomic E-state index is -0.438. The molecule has 0 radical (unpaired) electrons. The van der Waals surface area contributed by atoms with Gasteiger partial charge in [-0.3, -0.25) is 0 Å². The Labute approximate surface area is 109 Å². The molecule has 1 heterocycles. The summed E-state index contributed by atoms with van der Waals surface area (Å²) < 4.78 is 1.67. The van der Waals surface area contributed by atoms with Gasteiger partial charge in [-0.2, -0.15) is 4.68 Å². The maximum Gasteiger partial charge on any atom is 0.392 e. The number of alkyl halides is 1. The Kier molecular flexibility index (Phi) is 4.30. The molecule has 0 fully saturated rings. The van der Waals surface area contributed by atoms with E-state index in [4.69, 9.17) is 0 Å². The third-order valence-corrected chi connectivity index (χ3v) is 3.69. The van der Waals surface area contributed by atoms with Crippen LogP contribution in [-0.2, 0) is 6.54 Å². The highest BCUT2D eigenvalue weighted by molar-refractivity contribution is 9.09. The van der Waals surface area contributed by atoms with Crippen molar-refractivity contribution in [2.75, 3.05) is 5.33 Å². The summed E-state index contributed by atoms with van der Waals surface area (Å²) in [7, 11) is 0. The minimum absolute atomic E-state index is 0.0489. The maximum atomic E-state index is 10.7. The Hall–Kier alpha value is -0.910. The van der Waals surface area contributed by atoms with Crippen molar-refractivity contribution in [3.05, 3.63) is 21.9 Å². The number of aryl methyl sites for hydroxylation is 1. The molecular weight excluding hydrogens is 286 g/mol. The second-order valence-corrected chi connectivity index (χ2v) is 5.98. The Morgan fingerprint density at radius 1 is 1.59 bits per heavy atom. The van der Waals surface area contributed by atoms with Crippen molar-refractivity contribution in [3.8, 4) is 0 Å². The molecule has 0 saturated heterocycles. The van der Waals surface area contributed by atoms with E-state index in [0.717, 1.165) is 5.33 Å². The van der Waals surface area contributed by atoms with Gasteiger partial charge in [0.1, 0.15) is 0 Å². The molecule has 96 valence electrons. The van der Waals surface area contributed by atoms with Gasteiger partial charge in [0.15, 0.2) is 0 Å². The van der Waals surface area contributed by atoms with E-state index < -0.39 is 4.92 Å². The summed E-state index contributed by atoms with van der Waals surface area (Å²) in [6.45, 7) is 8.86.